The van der Waals surface area contributed by atoms with E-state index in [9.17, 15) is 13.2 Å². The summed E-state index contributed by atoms with van der Waals surface area (Å²) >= 11 is 0. The number of alkyl halides is 3. The Morgan fingerprint density at radius 1 is 1.33 bits per heavy atom. The third-order valence-electron chi connectivity index (χ3n) is 4.66. The SMILES string of the molecule is C[C@@H]1[C@@H](N)CC2C[C@@H]1C2(C)C.O=C(O)C(F)(F)F. The van der Waals surface area contributed by atoms with Crippen LogP contribution in [0, 0.1) is 23.2 Å². The number of fused-ring (bicyclic) bond motifs is 2. The summed E-state index contributed by atoms with van der Waals surface area (Å²) in [6.07, 6.45) is -2.37. The van der Waals surface area contributed by atoms with Crippen molar-refractivity contribution in [2.24, 2.45) is 28.9 Å². The molecule has 0 aromatic rings. The molecule has 6 heteroatoms. The van der Waals surface area contributed by atoms with Crippen LogP contribution in [0.4, 0.5) is 13.2 Å². The molecule has 0 aromatic heterocycles. The Bertz CT molecular complexity index is 328. The molecular formula is C12H20F3NO2. The van der Waals surface area contributed by atoms with Gasteiger partial charge in [-0.2, -0.15) is 13.2 Å². The van der Waals surface area contributed by atoms with Crippen LogP contribution in [0.3, 0.4) is 0 Å². The smallest absolute Gasteiger partial charge is 0.475 e. The van der Waals surface area contributed by atoms with E-state index in [0.717, 1.165) is 17.8 Å². The van der Waals surface area contributed by atoms with E-state index in [1.807, 2.05) is 0 Å². The molecule has 3 N–H and O–H groups in total. The number of hydrogen-bond acceptors (Lipinski definition) is 2. The van der Waals surface area contributed by atoms with Gasteiger partial charge in [0.25, 0.3) is 0 Å². The largest absolute Gasteiger partial charge is 0.490 e. The Kier molecular flexibility index (Phi) is 4.00. The second kappa shape index (κ2) is 4.72. The van der Waals surface area contributed by atoms with Crippen LogP contribution in [0.2, 0.25) is 0 Å². The number of rotatable bonds is 0. The van der Waals surface area contributed by atoms with Crippen molar-refractivity contribution < 1.29 is 23.1 Å². The highest BCUT2D eigenvalue weighted by Gasteiger charge is 2.55. The molecule has 3 rings (SSSR count). The molecule has 2 bridgehead atoms. The van der Waals surface area contributed by atoms with Crippen LogP contribution in [-0.2, 0) is 4.79 Å². The summed E-state index contributed by atoms with van der Waals surface area (Å²) in [5, 5.41) is 7.12. The topological polar surface area (TPSA) is 63.3 Å². The first-order valence-electron chi connectivity index (χ1n) is 6.03. The molecule has 3 aliphatic carbocycles. The fraction of sp³-hybridized carbons (Fsp3) is 0.917. The monoisotopic (exact) mass is 267 g/mol. The highest BCUT2D eigenvalue weighted by atomic mass is 19.4. The Hall–Kier alpha value is -0.780. The van der Waals surface area contributed by atoms with Crippen molar-refractivity contribution in [1.29, 1.82) is 0 Å². The molecule has 1 unspecified atom stereocenters. The summed E-state index contributed by atoms with van der Waals surface area (Å²) in [6.45, 7) is 7.15. The fourth-order valence-corrected chi connectivity index (χ4v) is 3.19. The van der Waals surface area contributed by atoms with Crippen molar-refractivity contribution in [3.8, 4) is 0 Å². The number of carbonyl (C=O) groups is 1. The van der Waals surface area contributed by atoms with Gasteiger partial charge in [0, 0.05) is 6.04 Å². The molecule has 3 saturated carbocycles. The Morgan fingerprint density at radius 3 is 2.00 bits per heavy atom. The van der Waals surface area contributed by atoms with Gasteiger partial charge in [0.05, 0.1) is 0 Å². The maximum absolute atomic E-state index is 10.6. The molecule has 0 aromatic carbocycles. The van der Waals surface area contributed by atoms with Crippen LogP contribution in [0.1, 0.15) is 33.6 Å². The minimum Gasteiger partial charge on any atom is -0.475 e. The Labute approximate surface area is 105 Å². The molecule has 0 saturated heterocycles. The van der Waals surface area contributed by atoms with Crippen LogP contribution >= 0.6 is 0 Å². The molecule has 3 nitrogen and oxygen atoms in total. The van der Waals surface area contributed by atoms with E-state index in [1.165, 1.54) is 12.8 Å². The number of hydrogen-bond donors (Lipinski definition) is 2. The van der Waals surface area contributed by atoms with Crippen LogP contribution in [0.5, 0.6) is 0 Å². The molecule has 0 heterocycles. The number of carboxylic acids is 1. The molecule has 0 spiro atoms. The van der Waals surface area contributed by atoms with E-state index in [0.29, 0.717) is 11.5 Å². The second-order valence-corrected chi connectivity index (χ2v) is 5.92. The van der Waals surface area contributed by atoms with E-state index in [4.69, 9.17) is 15.6 Å². The third kappa shape index (κ3) is 2.79. The molecule has 3 aliphatic rings. The lowest BCUT2D eigenvalue weighted by Gasteiger charge is -2.61. The van der Waals surface area contributed by atoms with Crippen molar-refractivity contribution in [2.75, 3.05) is 0 Å². The highest BCUT2D eigenvalue weighted by Crippen LogP contribution is 2.60. The van der Waals surface area contributed by atoms with Gasteiger partial charge in [0.2, 0.25) is 0 Å². The maximum Gasteiger partial charge on any atom is 0.490 e. The lowest BCUT2D eigenvalue weighted by molar-refractivity contribution is -0.192. The van der Waals surface area contributed by atoms with E-state index >= 15 is 0 Å². The van der Waals surface area contributed by atoms with Crippen molar-refractivity contribution in [3.63, 3.8) is 0 Å². The lowest BCUT2D eigenvalue weighted by Crippen LogP contribution is -2.58. The van der Waals surface area contributed by atoms with Gasteiger partial charge >= 0.3 is 12.1 Å². The lowest BCUT2D eigenvalue weighted by atomic mass is 9.45. The zero-order valence-corrected chi connectivity index (χ0v) is 10.8. The van der Waals surface area contributed by atoms with Crippen molar-refractivity contribution in [1.82, 2.24) is 0 Å². The normalized spacial score (nSPS) is 37.1. The molecule has 106 valence electrons. The summed E-state index contributed by atoms with van der Waals surface area (Å²) in [4.78, 5) is 8.90. The van der Waals surface area contributed by atoms with Crippen LogP contribution in [-0.4, -0.2) is 23.3 Å². The summed E-state index contributed by atoms with van der Waals surface area (Å²) in [5.41, 5.74) is 6.63. The number of carboxylic acid groups (broad SMARTS) is 1. The molecule has 0 amide bonds. The first-order valence-corrected chi connectivity index (χ1v) is 6.03. The van der Waals surface area contributed by atoms with E-state index < -0.39 is 12.1 Å². The number of halogens is 3. The summed E-state index contributed by atoms with van der Waals surface area (Å²) in [7, 11) is 0. The van der Waals surface area contributed by atoms with Gasteiger partial charge in [-0.3, -0.25) is 0 Å². The second-order valence-electron chi connectivity index (χ2n) is 5.92. The van der Waals surface area contributed by atoms with Gasteiger partial charge in [-0.25, -0.2) is 4.79 Å². The average Bonchev–Trinajstić information content (AvgIpc) is 2.20. The summed E-state index contributed by atoms with van der Waals surface area (Å²) in [5.74, 6) is -0.155. The van der Waals surface area contributed by atoms with Crippen LogP contribution < -0.4 is 5.73 Å². The highest BCUT2D eigenvalue weighted by molar-refractivity contribution is 5.73. The molecule has 0 radical (unpaired) electrons. The maximum atomic E-state index is 10.6. The standard InChI is InChI=1S/C10H19N.C2HF3O2/c1-6-8-4-7(5-9(6)11)10(8,2)3;3-2(4,5)1(6)7/h6-9H,4-5,11H2,1-3H3;(H,6,7)/t6-,7?,8-,9-;/m0./s1. The molecule has 18 heavy (non-hydrogen) atoms. The van der Waals surface area contributed by atoms with E-state index in [2.05, 4.69) is 20.8 Å². The molecule has 3 fully saturated rings. The third-order valence-corrected chi connectivity index (χ3v) is 4.66. The van der Waals surface area contributed by atoms with Gasteiger partial charge in [-0.1, -0.05) is 20.8 Å². The van der Waals surface area contributed by atoms with Crippen molar-refractivity contribution >= 4 is 5.97 Å². The average molecular weight is 267 g/mol. The molecule has 4 atom stereocenters. The summed E-state index contributed by atoms with van der Waals surface area (Å²) in [6, 6.07) is 0.492. The minimum absolute atomic E-state index is 0.492. The van der Waals surface area contributed by atoms with Gasteiger partial charge in [-0.15, -0.1) is 0 Å². The first kappa shape index (κ1) is 15.3. The predicted molar refractivity (Wildman–Crippen MR) is 60.8 cm³/mol. The quantitative estimate of drug-likeness (QED) is 0.709. The van der Waals surface area contributed by atoms with Crippen LogP contribution in [0.25, 0.3) is 0 Å². The fourth-order valence-electron chi connectivity index (χ4n) is 3.19. The van der Waals surface area contributed by atoms with Gasteiger partial charge in [0.1, 0.15) is 0 Å². The van der Waals surface area contributed by atoms with E-state index in [1.54, 1.807) is 0 Å². The van der Waals surface area contributed by atoms with Gasteiger partial charge < -0.3 is 10.8 Å². The summed E-state index contributed by atoms with van der Waals surface area (Å²) < 4.78 is 31.7. The Morgan fingerprint density at radius 2 is 1.78 bits per heavy atom. The predicted octanol–water partition coefficient (Wildman–Crippen LogP) is 2.65. The van der Waals surface area contributed by atoms with Gasteiger partial charge in [-0.05, 0) is 36.0 Å². The zero-order valence-electron chi connectivity index (χ0n) is 10.8. The van der Waals surface area contributed by atoms with Crippen LogP contribution in [0.15, 0.2) is 0 Å². The Balaban J connectivity index is 0.000000203. The zero-order chi connectivity index (χ0) is 14.3. The van der Waals surface area contributed by atoms with Crippen molar-refractivity contribution in [3.05, 3.63) is 0 Å². The minimum atomic E-state index is -5.08. The molecular weight excluding hydrogens is 247 g/mol. The van der Waals surface area contributed by atoms with Gasteiger partial charge in [0.15, 0.2) is 0 Å². The number of nitrogens with two attached hydrogens (primary N) is 1. The van der Waals surface area contributed by atoms with E-state index in [-0.39, 0.29) is 0 Å². The van der Waals surface area contributed by atoms with Crippen molar-refractivity contribution in [2.45, 2.75) is 45.8 Å². The first-order chi connectivity index (χ1) is 7.98. The number of aliphatic carboxylic acids is 1. The molecule has 0 aliphatic heterocycles.